The van der Waals surface area contributed by atoms with Crippen molar-refractivity contribution in [2.24, 2.45) is 0 Å². The molecule has 0 radical (unpaired) electrons. The Morgan fingerprint density at radius 3 is 2.50 bits per heavy atom. The highest BCUT2D eigenvalue weighted by molar-refractivity contribution is 9.10. The molecule has 1 aliphatic rings. The standard InChI is InChI=1S/C17H25BrN2O2/c1-14(22-16-8-6-15(18)7-9-16)17(21)19-10-13-20-11-4-2-3-5-12-20/h6-9,14H,2-5,10-13H2,1H3,(H,19,21). The fraction of sp³-hybridized carbons (Fsp3) is 0.588. The zero-order chi connectivity index (χ0) is 15.8. The average molecular weight is 369 g/mol. The lowest BCUT2D eigenvalue weighted by atomic mass is 10.2. The van der Waals surface area contributed by atoms with Crippen molar-refractivity contribution in [1.82, 2.24) is 10.2 Å². The van der Waals surface area contributed by atoms with Gasteiger partial charge in [-0.05, 0) is 57.1 Å². The SMILES string of the molecule is CC(Oc1ccc(Br)cc1)C(=O)NCCN1CCCCCC1. The van der Waals surface area contributed by atoms with E-state index in [1.54, 1.807) is 6.92 Å². The van der Waals surface area contributed by atoms with Crippen molar-refractivity contribution >= 4 is 21.8 Å². The Bertz CT molecular complexity index is 456. The second-order valence-electron chi connectivity index (χ2n) is 5.76. The van der Waals surface area contributed by atoms with Crippen LogP contribution in [0.25, 0.3) is 0 Å². The maximum Gasteiger partial charge on any atom is 0.260 e. The fourth-order valence-corrected chi connectivity index (χ4v) is 2.88. The van der Waals surface area contributed by atoms with Crippen molar-refractivity contribution in [3.05, 3.63) is 28.7 Å². The topological polar surface area (TPSA) is 41.6 Å². The first-order chi connectivity index (χ1) is 10.6. The van der Waals surface area contributed by atoms with Crippen LogP contribution in [0.1, 0.15) is 32.6 Å². The summed E-state index contributed by atoms with van der Waals surface area (Å²) < 4.78 is 6.64. The van der Waals surface area contributed by atoms with Gasteiger partial charge in [0.25, 0.3) is 5.91 Å². The molecule has 5 heteroatoms. The van der Waals surface area contributed by atoms with E-state index in [0.29, 0.717) is 12.3 Å². The van der Waals surface area contributed by atoms with Gasteiger partial charge in [-0.25, -0.2) is 0 Å². The number of rotatable bonds is 6. The van der Waals surface area contributed by atoms with Gasteiger partial charge in [0.05, 0.1) is 0 Å². The summed E-state index contributed by atoms with van der Waals surface area (Å²) in [6.07, 6.45) is 4.74. The Hall–Kier alpha value is -1.07. The second kappa shape index (κ2) is 9.16. The van der Waals surface area contributed by atoms with E-state index >= 15 is 0 Å². The van der Waals surface area contributed by atoms with Gasteiger partial charge in [-0.2, -0.15) is 0 Å². The van der Waals surface area contributed by atoms with Gasteiger partial charge in [0.15, 0.2) is 6.10 Å². The Morgan fingerprint density at radius 2 is 1.86 bits per heavy atom. The maximum absolute atomic E-state index is 12.1. The van der Waals surface area contributed by atoms with Gasteiger partial charge in [0.1, 0.15) is 5.75 Å². The number of halogens is 1. The number of amides is 1. The van der Waals surface area contributed by atoms with Crippen LogP contribution in [0, 0.1) is 0 Å². The van der Waals surface area contributed by atoms with E-state index < -0.39 is 6.10 Å². The Kier molecular flexibility index (Phi) is 7.19. The van der Waals surface area contributed by atoms with Gasteiger partial charge in [0, 0.05) is 17.6 Å². The highest BCUT2D eigenvalue weighted by Gasteiger charge is 2.15. The van der Waals surface area contributed by atoms with Crippen molar-refractivity contribution in [3.8, 4) is 5.75 Å². The van der Waals surface area contributed by atoms with Crippen molar-refractivity contribution in [2.45, 2.75) is 38.7 Å². The molecular weight excluding hydrogens is 344 g/mol. The van der Waals surface area contributed by atoms with Gasteiger partial charge in [-0.15, -0.1) is 0 Å². The van der Waals surface area contributed by atoms with Crippen LogP contribution >= 0.6 is 15.9 Å². The fourth-order valence-electron chi connectivity index (χ4n) is 2.61. The number of hydrogen-bond acceptors (Lipinski definition) is 3. The molecule has 0 saturated carbocycles. The molecule has 22 heavy (non-hydrogen) atoms. The van der Waals surface area contributed by atoms with Crippen LogP contribution in [0.3, 0.4) is 0 Å². The largest absolute Gasteiger partial charge is 0.481 e. The third kappa shape index (κ3) is 5.97. The lowest BCUT2D eigenvalue weighted by molar-refractivity contribution is -0.127. The molecule has 1 atom stereocenters. The number of carbonyl (C=O) groups is 1. The molecule has 122 valence electrons. The summed E-state index contributed by atoms with van der Waals surface area (Å²) in [7, 11) is 0. The summed E-state index contributed by atoms with van der Waals surface area (Å²) in [6.45, 7) is 5.70. The summed E-state index contributed by atoms with van der Waals surface area (Å²) >= 11 is 3.38. The van der Waals surface area contributed by atoms with Gasteiger partial charge in [0.2, 0.25) is 0 Å². The molecule has 4 nitrogen and oxygen atoms in total. The molecule has 0 bridgehead atoms. The summed E-state index contributed by atoms with van der Waals surface area (Å²) in [4.78, 5) is 14.5. The molecule has 1 aliphatic heterocycles. The van der Waals surface area contributed by atoms with Gasteiger partial charge in [-0.1, -0.05) is 28.8 Å². The van der Waals surface area contributed by atoms with Crippen LogP contribution in [0.2, 0.25) is 0 Å². The van der Waals surface area contributed by atoms with Crippen molar-refractivity contribution in [3.63, 3.8) is 0 Å². The molecule has 1 unspecified atom stereocenters. The van der Waals surface area contributed by atoms with E-state index in [2.05, 4.69) is 26.1 Å². The average Bonchev–Trinajstić information content (AvgIpc) is 2.78. The number of hydrogen-bond donors (Lipinski definition) is 1. The van der Waals surface area contributed by atoms with Crippen LogP contribution < -0.4 is 10.1 Å². The lowest BCUT2D eigenvalue weighted by Crippen LogP contribution is -2.41. The van der Waals surface area contributed by atoms with Crippen LogP contribution in [0.15, 0.2) is 28.7 Å². The molecule has 1 amide bonds. The van der Waals surface area contributed by atoms with Gasteiger partial charge in [-0.3, -0.25) is 4.79 Å². The predicted octanol–water partition coefficient (Wildman–Crippen LogP) is 3.21. The molecule has 1 N–H and O–H groups in total. The summed E-state index contributed by atoms with van der Waals surface area (Å²) in [5.41, 5.74) is 0. The molecular formula is C17H25BrN2O2. The smallest absolute Gasteiger partial charge is 0.260 e. The highest BCUT2D eigenvalue weighted by atomic mass is 79.9. The first-order valence-electron chi connectivity index (χ1n) is 8.07. The Labute approximate surface area is 141 Å². The van der Waals surface area contributed by atoms with E-state index in [1.807, 2.05) is 24.3 Å². The van der Waals surface area contributed by atoms with Crippen LogP contribution in [0.4, 0.5) is 0 Å². The van der Waals surface area contributed by atoms with E-state index in [9.17, 15) is 4.79 Å². The molecule has 0 aromatic heterocycles. The van der Waals surface area contributed by atoms with Crippen molar-refractivity contribution in [1.29, 1.82) is 0 Å². The molecule has 1 aromatic carbocycles. The monoisotopic (exact) mass is 368 g/mol. The molecule has 1 saturated heterocycles. The normalized spacial score (nSPS) is 17.5. The molecule has 1 aromatic rings. The van der Waals surface area contributed by atoms with E-state index in [4.69, 9.17) is 4.74 Å². The number of nitrogens with zero attached hydrogens (tertiary/aromatic N) is 1. The first kappa shape index (κ1) is 17.3. The molecule has 0 spiro atoms. The summed E-state index contributed by atoms with van der Waals surface area (Å²) in [6, 6.07) is 7.51. The zero-order valence-corrected chi connectivity index (χ0v) is 14.8. The van der Waals surface area contributed by atoms with E-state index in [0.717, 1.165) is 24.1 Å². The van der Waals surface area contributed by atoms with Crippen LogP contribution in [-0.4, -0.2) is 43.1 Å². The predicted molar refractivity (Wildman–Crippen MR) is 92.1 cm³/mol. The summed E-state index contributed by atoms with van der Waals surface area (Å²) in [5, 5.41) is 2.97. The molecule has 1 fully saturated rings. The third-order valence-corrected chi connectivity index (χ3v) is 4.45. The maximum atomic E-state index is 12.1. The minimum absolute atomic E-state index is 0.0576. The number of nitrogens with one attached hydrogen (secondary N) is 1. The molecule has 1 heterocycles. The molecule has 2 rings (SSSR count). The first-order valence-corrected chi connectivity index (χ1v) is 8.87. The van der Waals surface area contributed by atoms with E-state index in [-0.39, 0.29) is 5.91 Å². The highest BCUT2D eigenvalue weighted by Crippen LogP contribution is 2.17. The van der Waals surface area contributed by atoms with Crippen LogP contribution in [-0.2, 0) is 4.79 Å². The molecule has 0 aliphatic carbocycles. The van der Waals surface area contributed by atoms with Gasteiger partial charge >= 0.3 is 0 Å². The number of benzene rings is 1. The number of likely N-dealkylation sites (tertiary alicyclic amines) is 1. The minimum Gasteiger partial charge on any atom is -0.481 e. The summed E-state index contributed by atoms with van der Waals surface area (Å²) in [5.74, 6) is 0.649. The van der Waals surface area contributed by atoms with Crippen molar-refractivity contribution in [2.75, 3.05) is 26.2 Å². The third-order valence-electron chi connectivity index (χ3n) is 3.92. The van der Waals surface area contributed by atoms with Crippen molar-refractivity contribution < 1.29 is 9.53 Å². The second-order valence-corrected chi connectivity index (χ2v) is 6.68. The zero-order valence-electron chi connectivity index (χ0n) is 13.2. The van der Waals surface area contributed by atoms with Gasteiger partial charge < -0.3 is 15.0 Å². The van der Waals surface area contributed by atoms with Crippen LogP contribution in [0.5, 0.6) is 5.75 Å². The minimum atomic E-state index is -0.481. The number of ether oxygens (including phenoxy) is 1. The quantitative estimate of drug-likeness (QED) is 0.837. The number of carbonyl (C=O) groups excluding carboxylic acids is 1. The lowest BCUT2D eigenvalue weighted by Gasteiger charge is -2.20. The Morgan fingerprint density at radius 1 is 1.23 bits per heavy atom. The Balaban J connectivity index is 1.68. The van der Waals surface area contributed by atoms with E-state index in [1.165, 1.54) is 25.7 Å².